The molecule has 0 aliphatic heterocycles. The molecule has 0 fully saturated rings. The maximum atomic E-state index is 13.5. The van der Waals surface area contributed by atoms with E-state index in [0.29, 0.717) is 0 Å². The first-order chi connectivity index (χ1) is 6.61. The van der Waals surface area contributed by atoms with Crippen LogP contribution < -0.4 is 5.73 Å². The predicted octanol–water partition coefficient (Wildman–Crippen LogP) is 1.72. The normalized spacial score (nSPS) is 10.0. The lowest BCUT2D eigenvalue weighted by atomic mass is 10.1. The monoisotopic (exact) mass is 217 g/mol. The molecule has 0 bridgehead atoms. The maximum absolute atomic E-state index is 13.5. The molecule has 5 heteroatoms. The van der Waals surface area contributed by atoms with Gasteiger partial charge in [0.25, 0.3) is 0 Å². The van der Waals surface area contributed by atoms with Crippen LogP contribution in [0, 0.1) is 5.82 Å². The van der Waals surface area contributed by atoms with Crippen LogP contribution in [0.1, 0.15) is 15.9 Å². The molecule has 2 N–H and O–H groups in total. The van der Waals surface area contributed by atoms with Gasteiger partial charge in [0, 0.05) is 17.1 Å². The third kappa shape index (κ3) is 1.86. The van der Waals surface area contributed by atoms with E-state index in [1.165, 1.54) is 19.2 Å². The van der Waals surface area contributed by atoms with Crippen molar-refractivity contribution in [3.05, 3.63) is 34.1 Å². The van der Waals surface area contributed by atoms with Gasteiger partial charge in [-0.25, -0.2) is 9.18 Å². The summed E-state index contributed by atoms with van der Waals surface area (Å²) in [6.07, 6.45) is 0. The first-order valence-corrected chi connectivity index (χ1v) is 4.24. The highest BCUT2D eigenvalue weighted by Crippen LogP contribution is 2.22. The number of nitrogens with two attached hydrogens (primary N) is 1. The first kappa shape index (κ1) is 10.9. The summed E-state index contributed by atoms with van der Waals surface area (Å²) in [4.78, 5) is 11.1. The minimum absolute atomic E-state index is 0.0600. The topological polar surface area (TPSA) is 52.3 Å². The van der Waals surface area contributed by atoms with Crippen molar-refractivity contribution in [2.45, 2.75) is 6.54 Å². The number of halogens is 2. The van der Waals surface area contributed by atoms with Gasteiger partial charge >= 0.3 is 5.97 Å². The number of hydrogen-bond donors (Lipinski definition) is 1. The van der Waals surface area contributed by atoms with Crippen LogP contribution in [0.2, 0.25) is 5.02 Å². The molecule has 0 spiro atoms. The van der Waals surface area contributed by atoms with Crippen molar-refractivity contribution in [3.8, 4) is 0 Å². The Morgan fingerprint density at radius 2 is 2.29 bits per heavy atom. The van der Waals surface area contributed by atoms with E-state index in [9.17, 15) is 9.18 Å². The molecule has 0 amide bonds. The average molecular weight is 218 g/mol. The second-order valence-corrected chi connectivity index (χ2v) is 2.99. The predicted molar refractivity (Wildman–Crippen MR) is 50.6 cm³/mol. The van der Waals surface area contributed by atoms with Crippen LogP contribution in [0.25, 0.3) is 0 Å². The fourth-order valence-corrected chi connectivity index (χ4v) is 1.28. The van der Waals surface area contributed by atoms with Crippen LogP contribution >= 0.6 is 11.6 Å². The number of benzene rings is 1. The Balaban J connectivity index is 3.28. The van der Waals surface area contributed by atoms with Gasteiger partial charge in [0.2, 0.25) is 0 Å². The van der Waals surface area contributed by atoms with Crippen LogP contribution in [0.5, 0.6) is 0 Å². The fourth-order valence-electron chi connectivity index (χ4n) is 1.05. The molecule has 76 valence electrons. The highest BCUT2D eigenvalue weighted by Gasteiger charge is 2.16. The van der Waals surface area contributed by atoms with Gasteiger partial charge in [-0.2, -0.15) is 0 Å². The molecular formula is C9H9ClFNO2. The maximum Gasteiger partial charge on any atom is 0.340 e. The van der Waals surface area contributed by atoms with Crippen LogP contribution in [0.15, 0.2) is 12.1 Å². The molecule has 0 aliphatic rings. The van der Waals surface area contributed by atoms with E-state index in [0.717, 1.165) is 0 Å². The summed E-state index contributed by atoms with van der Waals surface area (Å²) in [5, 5.41) is 0.206. The molecule has 0 unspecified atom stereocenters. The molecule has 0 aliphatic carbocycles. The zero-order chi connectivity index (χ0) is 10.7. The van der Waals surface area contributed by atoms with E-state index in [4.69, 9.17) is 17.3 Å². The van der Waals surface area contributed by atoms with Gasteiger partial charge in [0.05, 0.1) is 12.7 Å². The fraction of sp³-hybridized carbons (Fsp3) is 0.222. The SMILES string of the molecule is COC(=O)c1ccc(Cl)c(CN)c1F. The standard InChI is InChI=1S/C9H9ClFNO2/c1-14-9(13)5-2-3-7(10)6(4-12)8(5)11/h2-3H,4,12H2,1H3. The number of rotatable bonds is 2. The number of esters is 1. The molecule has 0 radical (unpaired) electrons. The van der Waals surface area contributed by atoms with Gasteiger partial charge in [-0.3, -0.25) is 0 Å². The third-order valence-corrected chi connectivity index (χ3v) is 2.15. The molecule has 1 aromatic rings. The van der Waals surface area contributed by atoms with Crippen LogP contribution in [0.4, 0.5) is 4.39 Å². The summed E-state index contributed by atoms with van der Waals surface area (Å²) < 4.78 is 17.9. The number of carbonyl (C=O) groups is 1. The van der Waals surface area contributed by atoms with E-state index in [1.54, 1.807) is 0 Å². The van der Waals surface area contributed by atoms with Crippen LogP contribution in [-0.4, -0.2) is 13.1 Å². The highest BCUT2D eigenvalue weighted by molar-refractivity contribution is 6.31. The van der Waals surface area contributed by atoms with E-state index in [2.05, 4.69) is 4.74 Å². The number of carbonyl (C=O) groups excluding carboxylic acids is 1. The van der Waals surface area contributed by atoms with Gasteiger partial charge in [-0.05, 0) is 12.1 Å². The third-order valence-electron chi connectivity index (χ3n) is 1.80. The summed E-state index contributed by atoms with van der Waals surface area (Å²) in [6, 6.07) is 2.68. The molecule has 0 heterocycles. The van der Waals surface area contributed by atoms with Crippen LogP contribution in [-0.2, 0) is 11.3 Å². The van der Waals surface area contributed by atoms with E-state index < -0.39 is 11.8 Å². The van der Waals surface area contributed by atoms with Crippen molar-refractivity contribution >= 4 is 17.6 Å². The first-order valence-electron chi connectivity index (χ1n) is 3.87. The molecule has 3 nitrogen and oxygen atoms in total. The van der Waals surface area contributed by atoms with Crippen molar-refractivity contribution in [2.24, 2.45) is 5.73 Å². The summed E-state index contributed by atoms with van der Waals surface area (Å²) in [7, 11) is 1.18. The van der Waals surface area contributed by atoms with Crippen molar-refractivity contribution in [1.29, 1.82) is 0 Å². The Morgan fingerprint density at radius 1 is 1.64 bits per heavy atom. The Labute approximate surface area is 85.6 Å². The summed E-state index contributed by atoms with van der Waals surface area (Å²) >= 11 is 5.68. The molecule has 1 rings (SSSR count). The Hall–Kier alpha value is -1.13. The quantitative estimate of drug-likeness (QED) is 0.768. The minimum Gasteiger partial charge on any atom is -0.465 e. The lowest BCUT2D eigenvalue weighted by Crippen LogP contribution is -2.09. The van der Waals surface area contributed by atoms with Gasteiger partial charge in [-0.15, -0.1) is 0 Å². The summed E-state index contributed by atoms with van der Waals surface area (Å²) in [5.74, 6) is -1.46. The number of methoxy groups -OCH3 is 1. The van der Waals surface area contributed by atoms with Gasteiger partial charge < -0.3 is 10.5 Å². The zero-order valence-corrected chi connectivity index (χ0v) is 8.27. The molecule has 0 saturated carbocycles. The number of ether oxygens (including phenoxy) is 1. The molecule has 1 aromatic carbocycles. The molecule has 0 atom stereocenters. The lowest BCUT2D eigenvalue weighted by Gasteiger charge is -2.06. The average Bonchev–Trinajstić information content (AvgIpc) is 2.18. The van der Waals surface area contributed by atoms with Crippen LogP contribution in [0.3, 0.4) is 0 Å². The van der Waals surface area contributed by atoms with E-state index >= 15 is 0 Å². The molecular weight excluding hydrogens is 209 g/mol. The lowest BCUT2D eigenvalue weighted by molar-refractivity contribution is 0.0595. The molecule has 0 saturated heterocycles. The number of hydrogen-bond acceptors (Lipinski definition) is 3. The van der Waals surface area contributed by atoms with Crippen molar-refractivity contribution in [1.82, 2.24) is 0 Å². The molecule has 0 aromatic heterocycles. The van der Waals surface area contributed by atoms with E-state index in [-0.39, 0.29) is 22.7 Å². The van der Waals surface area contributed by atoms with E-state index in [1.807, 2.05) is 0 Å². The Bertz CT molecular complexity index is 368. The zero-order valence-electron chi connectivity index (χ0n) is 7.51. The molecule has 14 heavy (non-hydrogen) atoms. The summed E-state index contributed by atoms with van der Waals surface area (Å²) in [5.41, 5.74) is 5.25. The Morgan fingerprint density at radius 3 is 2.79 bits per heavy atom. The minimum atomic E-state index is -0.742. The second-order valence-electron chi connectivity index (χ2n) is 2.58. The largest absolute Gasteiger partial charge is 0.465 e. The summed E-state index contributed by atoms with van der Waals surface area (Å²) in [6.45, 7) is -0.0600. The van der Waals surface area contributed by atoms with Gasteiger partial charge in [0.15, 0.2) is 0 Å². The Kier molecular flexibility index (Phi) is 3.43. The van der Waals surface area contributed by atoms with Crippen molar-refractivity contribution in [3.63, 3.8) is 0 Å². The second kappa shape index (κ2) is 4.39. The smallest absolute Gasteiger partial charge is 0.340 e. The van der Waals surface area contributed by atoms with Crippen molar-refractivity contribution < 1.29 is 13.9 Å². The van der Waals surface area contributed by atoms with Gasteiger partial charge in [0.1, 0.15) is 5.82 Å². The van der Waals surface area contributed by atoms with Crippen molar-refractivity contribution in [2.75, 3.05) is 7.11 Å². The van der Waals surface area contributed by atoms with Gasteiger partial charge in [-0.1, -0.05) is 11.6 Å². The highest BCUT2D eigenvalue weighted by atomic mass is 35.5.